The summed E-state index contributed by atoms with van der Waals surface area (Å²) >= 11 is 0. The lowest BCUT2D eigenvalue weighted by Gasteiger charge is -2.21. The SMILES string of the molecule is COCCN(CCCOc1ccc(F)cc1)C(=O)/C=C/CN(C)C. The standard InChI is InChI=1S/C18H27FN2O3/c1-20(2)11-4-6-18(22)21(13-15-23-3)12-5-14-24-17-9-7-16(19)8-10-17/h4,6-10H,5,11-15H2,1-3H3/b6-4+. The predicted octanol–water partition coefficient (Wildman–Crippen LogP) is 2.19. The second kappa shape index (κ2) is 11.6. The number of methoxy groups -OCH3 is 1. The molecule has 0 bridgehead atoms. The smallest absolute Gasteiger partial charge is 0.246 e. The van der Waals surface area contributed by atoms with Crippen LogP contribution in [0.5, 0.6) is 5.75 Å². The first-order valence-electron chi connectivity index (χ1n) is 8.00. The van der Waals surface area contributed by atoms with E-state index in [4.69, 9.17) is 9.47 Å². The molecule has 134 valence electrons. The average molecular weight is 338 g/mol. The molecule has 1 amide bonds. The molecule has 0 spiro atoms. The zero-order valence-electron chi connectivity index (χ0n) is 14.7. The number of likely N-dealkylation sites (N-methyl/N-ethyl adjacent to an activating group) is 1. The van der Waals surface area contributed by atoms with Gasteiger partial charge in [0.1, 0.15) is 11.6 Å². The quantitative estimate of drug-likeness (QED) is 0.458. The first kappa shape index (κ1) is 20.1. The third-order valence-electron chi connectivity index (χ3n) is 3.26. The lowest BCUT2D eigenvalue weighted by atomic mass is 10.3. The lowest BCUT2D eigenvalue weighted by molar-refractivity contribution is -0.126. The van der Waals surface area contributed by atoms with Crippen LogP contribution in [0.3, 0.4) is 0 Å². The van der Waals surface area contributed by atoms with Crippen molar-refractivity contribution >= 4 is 5.91 Å². The molecule has 24 heavy (non-hydrogen) atoms. The summed E-state index contributed by atoms with van der Waals surface area (Å²) in [5, 5.41) is 0. The zero-order valence-corrected chi connectivity index (χ0v) is 14.7. The molecule has 1 aromatic carbocycles. The van der Waals surface area contributed by atoms with Gasteiger partial charge in [0.15, 0.2) is 0 Å². The topological polar surface area (TPSA) is 42.0 Å². The third-order valence-corrected chi connectivity index (χ3v) is 3.26. The largest absolute Gasteiger partial charge is 0.494 e. The lowest BCUT2D eigenvalue weighted by Crippen LogP contribution is -2.34. The molecule has 0 heterocycles. The zero-order chi connectivity index (χ0) is 17.8. The van der Waals surface area contributed by atoms with Crippen LogP contribution in [0.1, 0.15) is 6.42 Å². The Balaban J connectivity index is 2.39. The number of nitrogens with zero attached hydrogens (tertiary/aromatic N) is 2. The van der Waals surface area contributed by atoms with Gasteiger partial charge in [-0.25, -0.2) is 4.39 Å². The van der Waals surface area contributed by atoms with Gasteiger partial charge in [0.25, 0.3) is 0 Å². The Kier molecular flexibility index (Phi) is 9.72. The van der Waals surface area contributed by atoms with Crippen LogP contribution < -0.4 is 4.74 Å². The maximum atomic E-state index is 12.8. The number of ether oxygens (including phenoxy) is 2. The fraction of sp³-hybridized carbons (Fsp3) is 0.500. The number of carbonyl (C=O) groups excluding carboxylic acids is 1. The number of hydrogen-bond acceptors (Lipinski definition) is 4. The minimum Gasteiger partial charge on any atom is -0.494 e. The second-order valence-corrected chi connectivity index (χ2v) is 5.64. The normalized spacial score (nSPS) is 11.2. The van der Waals surface area contributed by atoms with E-state index in [0.29, 0.717) is 38.5 Å². The molecule has 5 nitrogen and oxygen atoms in total. The predicted molar refractivity (Wildman–Crippen MR) is 92.7 cm³/mol. The molecule has 1 rings (SSSR count). The fourth-order valence-corrected chi connectivity index (χ4v) is 1.98. The first-order valence-corrected chi connectivity index (χ1v) is 8.00. The molecular formula is C18H27FN2O3. The molecule has 6 heteroatoms. The van der Waals surface area contributed by atoms with Gasteiger partial charge in [0.05, 0.1) is 13.2 Å². The van der Waals surface area contributed by atoms with Gasteiger partial charge in [0.2, 0.25) is 5.91 Å². The van der Waals surface area contributed by atoms with Crippen LogP contribution in [0.4, 0.5) is 4.39 Å². The van der Waals surface area contributed by atoms with Crippen molar-refractivity contribution in [1.82, 2.24) is 9.80 Å². The fourth-order valence-electron chi connectivity index (χ4n) is 1.98. The molecule has 0 radical (unpaired) electrons. The van der Waals surface area contributed by atoms with Crippen molar-refractivity contribution in [2.45, 2.75) is 6.42 Å². The van der Waals surface area contributed by atoms with Gasteiger partial charge in [-0.15, -0.1) is 0 Å². The molecule has 0 N–H and O–H groups in total. The minimum atomic E-state index is -0.289. The molecule has 0 saturated carbocycles. The molecule has 0 fully saturated rings. The van der Waals surface area contributed by atoms with Gasteiger partial charge < -0.3 is 19.3 Å². The van der Waals surface area contributed by atoms with Gasteiger partial charge in [-0.2, -0.15) is 0 Å². The molecule has 1 aromatic rings. The maximum Gasteiger partial charge on any atom is 0.246 e. The molecular weight excluding hydrogens is 311 g/mol. The van der Waals surface area contributed by atoms with Crippen LogP contribution in [0.2, 0.25) is 0 Å². The summed E-state index contributed by atoms with van der Waals surface area (Å²) in [5.41, 5.74) is 0. The maximum absolute atomic E-state index is 12.8. The molecule has 0 aliphatic carbocycles. The van der Waals surface area contributed by atoms with Crippen molar-refractivity contribution in [3.05, 3.63) is 42.2 Å². The van der Waals surface area contributed by atoms with Gasteiger partial charge in [0, 0.05) is 32.8 Å². The molecule has 0 saturated heterocycles. The number of carbonyl (C=O) groups is 1. The molecule has 0 aromatic heterocycles. The Hall–Kier alpha value is -1.92. The van der Waals surface area contributed by atoms with Crippen LogP contribution in [-0.4, -0.2) is 69.8 Å². The van der Waals surface area contributed by atoms with Crippen LogP contribution in [0.15, 0.2) is 36.4 Å². The van der Waals surface area contributed by atoms with Crippen molar-refractivity contribution in [1.29, 1.82) is 0 Å². The number of amides is 1. The summed E-state index contributed by atoms with van der Waals surface area (Å²) in [4.78, 5) is 15.9. The van der Waals surface area contributed by atoms with E-state index in [2.05, 4.69) is 0 Å². The van der Waals surface area contributed by atoms with Crippen molar-refractivity contribution in [2.24, 2.45) is 0 Å². The number of rotatable bonds is 11. The molecule has 0 aliphatic heterocycles. The van der Waals surface area contributed by atoms with Crippen LogP contribution >= 0.6 is 0 Å². The number of hydrogen-bond donors (Lipinski definition) is 0. The highest BCUT2D eigenvalue weighted by atomic mass is 19.1. The van der Waals surface area contributed by atoms with E-state index in [-0.39, 0.29) is 11.7 Å². The first-order chi connectivity index (χ1) is 11.5. The molecule has 0 unspecified atom stereocenters. The van der Waals surface area contributed by atoms with Crippen molar-refractivity contribution < 1.29 is 18.7 Å². The summed E-state index contributed by atoms with van der Waals surface area (Å²) in [6.45, 7) is 2.79. The van der Waals surface area contributed by atoms with E-state index in [9.17, 15) is 9.18 Å². The minimum absolute atomic E-state index is 0.0318. The van der Waals surface area contributed by atoms with Gasteiger partial charge >= 0.3 is 0 Å². The average Bonchev–Trinajstić information content (AvgIpc) is 2.55. The van der Waals surface area contributed by atoms with E-state index >= 15 is 0 Å². The van der Waals surface area contributed by atoms with Crippen LogP contribution in [0.25, 0.3) is 0 Å². The van der Waals surface area contributed by atoms with Crippen LogP contribution in [0, 0.1) is 5.82 Å². The van der Waals surface area contributed by atoms with Crippen molar-refractivity contribution in [3.63, 3.8) is 0 Å². The Morgan fingerprint density at radius 3 is 2.50 bits per heavy atom. The second-order valence-electron chi connectivity index (χ2n) is 5.64. The van der Waals surface area contributed by atoms with Crippen molar-refractivity contribution in [2.75, 3.05) is 54.1 Å². The highest BCUT2D eigenvalue weighted by molar-refractivity contribution is 5.87. The number of halogens is 1. The van der Waals surface area contributed by atoms with Gasteiger partial charge in [-0.3, -0.25) is 4.79 Å². The highest BCUT2D eigenvalue weighted by Gasteiger charge is 2.10. The summed E-state index contributed by atoms with van der Waals surface area (Å²) < 4.78 is 23.4. The van der Waals surface area contributed by atoms with E-state index in [0.717, 1.165) is 6.54 Å². The third kappa shape index (κ3) is 8.64. The van der Waals surface area contributed by atoms with Crippen molar-refractivity contribution in [3.8, 4) is 5.75 Å². The van der Waals surface area contributed by atoms with E-state index in [1.807, 2.05) is 25.1 Å². The monoisotopic (exact) mass is 338 g/mol. The summed E-state index contributed by atoms with van der Waals surface area (Å²) in [6.07, 6.45) is 4.13. The van der Waals surface area contributed by atoms with E-state index < -0.39 is 0 Å². The van der Waals surface area contributed by atoms with E-state index in [1.165, 1.54) is 12.1 Å². The summed E-state index contributed by atoms with van der Waals surface area (Å²) in [7, 11) is 5.51. The number of benzene rings is 1. The van der Waals surface area contributed by atoms with Gasteiger partial charge in [-0.05, 0) is 44.8 Å². The Morgan fingerprint density at radius 1 is 1.17 bits per heavy atom. The Labute approximate surface area is 143 Å². The van der Waals surface area contributed by atoms with E-state index in [1.54, 1.807) is 30.2 Å². The molecule has 0 atom stereocenters. The molecule has 0 aliphatic rings. The van der Waals surface area contributed by atoms with Crippen LogP contribution in [-0.2, 0) is 9.53 Å². The summed E-state index contributed by atoms with van der Waals surface area (Å²) in [6, 6.07) is 5.90. The highest BCUT2D eigenvalue weighted by Crippen LogP contribution is 2.11. The summed E-state index contributed by atoms with van der Waals surface area (Å²) in [5.74, 6) is 0.302. The Bertz CT molecular complexity index is 503. The Morgan fingerprint density at radius 2 is 1.88 bits per heavy atom. The van der Waals surface area contributed by atoms with Gasteiger partial charge in [-0.1, -0.05) is 6.08 Å².